The highest BCUT2D eigenvalue weighted by Crippen LogP contribution is 2.26. The van der Waals surface area contributed by atoms with Crippen LogP contribution in [-0.2, 0) is 0 Å². The largest absolute Gasteiger partial charge is 0.327 e. The fraction of sp³-hybridized carbons (Fsp3) is 0.333. The second-order valence-electron chi connectivity index (χ2n) is 4.01. The summed E-state index contributed by atoms with van der Waals surface area (Å²) in [4.78, 5) is 0. The molecule has 80 valence electrons. The molecule has 0 aromatic heterocycles. The fourth-order valence-corrected chi connectivity index (χ4v) is 2.42. The molecular weight excluding hydrogens is 257 g/mol. The van der Waals surface area contributed by atoms with Gasteiger partial charge in [0.05, 0.1) is 0 Å². The van der Waals surface area contributed by atoms with Crippen molar-refractivity contribution in [2.24, 2.45) is 5.73 Å². The zero-order chi connectivity index (χ0) is 10.8. The van der Waals surface area contributed by atoms with Gasteiger partial charge in [-0.05, 0) is 43.0 Å². The Labute approximate surface area is 97.3 Å². The van der Waals surface area contributed by atoms with E-state index in [4.69, 9.17) is 5.73 Å². The maximum absolute atomic E-state index is 13.1. The van der Waals surface area contributed by atoms with Crippen molar-refractivity contribution in [1.82, 2.24) is 0 Å². The van der Waals surface area contributed by atoms with Gasteiger partial charge in [-0.25, -0.2) is 4.39 Å². The summed E-state index contributed by atoms with van der Waals surface area (Å²) in [5.74, 6) is -0.210. The Morgan fingerprint density at radius 3 is 2.80 bits per heavy atom. The van der Waals surface area contributed by atoms with E-state index in [1.54, 1.807) is 6.07 Å². The van der Waals surface area contributed by atoms with Crippen LogP contribution in [0.25, 0.3) is 6.08 Å². The van der Waals surface area contributed by atoms with Crippen LogP contribution in [0.4, 0.5) is 4.39 Å². The third kappa shape index (κ3) is 2.89. The molecule has 0 amide bonds. The van der Waals surface area contributed by atoms with Crippen molar-refractivity contribution >= 4 is 22.0 Å². The summed E-state index contributed by atoms with van der Waals surface area (Å²) in [5, 5.41) is 0. The Kier molecular flexibility index (Phi) is 3.22. The predicted molar refractivity (Wildman–Crippen MR) is 63.9 cm³/mol. The Bertz CT molecular complexity index is 380. The van der Waals surface area contributed by atoms with E-state index < -0.39 is 0 Å². The lowest BCUT2D eigenvalue weighted by Crippen LogP contribution is -2.13. The van der Waals surface area contributed by atoms with Crippen molar-refractivity contribution in [1.29, 1.82) is 0 Å². The highest BCUT2D eigenvalue weighted by molar-refractivity contribution is 9.10. The number of rotatable bonds is 1. The topological polar surface area (TPSA) is 26.0 Å². The minimum absolute atomic E-state index is 0.210. The van der Waals surface area contributed by atoms with Crippen LogP contribution in [0.2, 0.25) is 0 Å². The molecule has 0 spiro atoms. The molecule has 1 aromatic carbocycles. The van der Waals surface area contributed by atoms with Crippen LogP contribution in [0.15, 0.2) is 28.2 Å². The summed E-state index contributed by atoms with van der Waals surface area (Å²) in [6.07, 6.45) is 5.06. The molecule has 15 heavy (non-hydrogen) atoms. The molecule has 1 fully saturated rings. The molecule has 1 saturated carbocycles. The van der Waals surface area contributed by atoms with Crippen LogP contribution in [-0.4, -0.2) is 6.04 Å². The third-order valence-corrected chi connectivity index (χ3v) is 3.07. The van der Waals surface area contributed by atoms with E-state index >= 15 is 0 Å². The zero-order valence-electron chi connectivity index (χ0n) is 8.34. The second kappa shape index (κ2) is 4.45. The van der Waals surface area contributed by atoms with Gasteiger partial charge in [-0.2, -0.15) is 0 Å². The lowest BCUT2D eigenvalue weighted by Gasteiger charge is -2.00. The van der Waals surface area contributed by atoms with E-state index in [2.05, 4.69) is 15.9 Å². The molecule has 1 unspecified atom stereocenters. The van der Waals surface area contributed by atoms with Crippen molar-refractivity contribution in [2.75, 3.05) is 0 Å². The summed E-state index contributed by atoms with van der Waals surface area (Å²) in [7, 11) is 0. The van der Waals surface area contributed by atoms with Crippen LogP contribution >= 0.6 is 15.9 Å². The number of hydrogen-bond acceptors (Lipinski definition) is 1. The first-order valence-corrected chi connectivity index (χ1v) is 5.84. The normalized spacial score (nSPS) is 23.7. The van der Waals surface area contributed by atoms with Crippen molar-refractivity contribution in [3.63, 3.8) is 0 Å². The van der Waals surface area contributed by atoms with E-state index in [9.17, 15) is 4.39 Å². The molecule has 1 aliphatic rings. The maximum Gasteiger partial charge on any atom is 0.124 e. The van der Waals surface area contributed by atoms with E-state index in [0.29, 0.717) is 0 Å². The van der Waals surface area contributed by atoms with Gasteiger partial charge in [-0.15, -0.1) is 0 Å². The first-order valence-electron chi connectivity index (χ1n) is 5.04. The van der Waals surface area contributed by atoms with Crippen LogP contribution in [0, 0.1) is 5.82 Å². The monoisotopic (exact) mass is 269 g/mol. The average molecular weight is 270 g/mol. The molecule has 3 heteroatoms. The van der Waals surface area contributed by atoms with Gasteiger partial charge in [0, 0.05) is 10.5 Å². The van der Waals surface area contributed by atoms with Gasteiger partial charge >= 0.3 is 0 Å². The minimum atomic E-state index is -0.210. The average Bonchev–Trinajstić information content (AvgIpc) is 2.49. The van der Waals surface area contributed by atoms with Crippen LogP contribution < -0.4 is 5.73 Å². The quantitative estimate of drug-likeness (QED) is 0.830. The third-order valence-electron chi connectivity index (χ3n) is 2.62. The molecule has 0 bridgehead atoms. The maximum atomic E-state index is 13.1. The molecule has 2 rings (SSSR count). The van der Waals surface area contributed by atoms with Crippen molar-refractivity contribution in [3.8, 4) is 0 Å². The number of halogens is 2. The Morgan fingerprint density at radius 1 is 1.40 bits per heavy atom. The summed E-state index contributed by atoms with van der Waals surface area (Å²) >= 11 is 3.28. The smallest absolute Gasteiger partial charge is 0.124 e. The van der Waals surface area contributed by atoms with Crippen molar-refractivity contribution < 1.29 is 4.39 Å². The molecule has 1 nitrogen and oxygen atoms in total. The van der Waals surface area contributed by atoms with Crippen LogP contribution in [0.3, 0.4) is 0 Å². The number of hydrogen-bond donors (Lipinski definition) is 1. The van der Waals surface area contributed by atoms with Gasteiger partial charge in [-0.3, -0.25) is 0 Å². The first-order chi connectivity index (χ1) is 7.13. The molecule has 0 aliphatic heterocycles. The van der Waals surface area contributed by atoms with Gasteiger partial charge in [-0.1, -0.05) is 27.6 Å². The lowest BCUT2D eigenvalue weighted by atomic mass is 10.1. The lowest BCUT2D eigenvalue weighted by molar-refractivity contribution is 0.626. The Balaban J connectivity index is 2.23. The Hall–Kier alpha value is -0.670. The van der Waals surface area contributed by atoms with Crippen molar-refractivity contribution in [3.05, 3.63) is 39.6 Å². The standard InChI is InChI=1S/C12H13BrFN/c13-10-4-9(5-11(14)7-10)3-8-1-2-12(15)6-8/h3-5,7,12H,1-2,6,15H2. The number of nitrogens with two attached hydrogens (primary N) is 1. The van der Waals surface area contributed by atoms with E-state index in [0.717, 1.165) is 29.3 Å². The summed E-state index contributed by atoms with van der Waals surface area (Å²) in [6.45, 7) is 0. The predicted octanol–water partition coefficient (Wildman–Crippen LogP) is 3.48. The molecule has 1 aromatic rings. The molecule has 0 saturated heterocycles. The summed E-state index contributed by atoms with van der Waals surface area (Å²) in [6, 6.07) is 5.21. The number of benzene rings is 1. The molecule has 1 atom stereocenters. The van der Waals surface area contributed by atoms with Crippen LogP contribution in [0.5, 0.6) is 0 Å². The SMILES string of the molecule is NC1CCC(=Cc2cc(F)cc(Br)c2)C1. The molecule has 0 heterocycles. The van der Waals surface area contributed by atoms with Gasteiger partial charge in [0.15, 0.2) is 0 Å². The van der Waals surface area contributed by atoms with E-state index in [-0.39, 0.29) is 11.9 Å². The second-order valence-corrected chi connectivity index (χ2v) is 4.92. The minimum Gasteiger partial charge on any atom is -0.327 e. The zero-order valence-corrected chi connectivity index (χ0v) is 9.93. The van der Waals surface area contributed by atoms with Gasteiger partial charge in [0.2, 0.25) is 0 Å². The molecule has 1 aliphatic carbocycles. The summed E-state index contributed by atoms with van der Waals surface area (Å²) < 4.78 is 13.9. The molecule has 0 radical (unpaired) electrons. The summed E-state index contributed by atoms with van der Waals surface area (Å²) in [5.41, 5.74) is 8.04. The fourth-order valence-electron chi connectivity index (χ4n) is 1.94. The highest BCUT2D eigenvalue weighted by atomic mass is 79.9. The van der Waals surface area contributed by atoms with Gasteiger partial charge in [0.25, 0.3) is 0 Å². The first kappa shape index (κ1) is 10.8. The molecule has 2 N–H and O–H groups in total. The van der Waals surface area contributed by atoms with Crippen LogP contribution in [0.1, 0.15) is 24.8 Å². The van der Waals surface area contributed by atoms with E-state index in [1.807, 2.05) is 12.1 Å². The van der Waals surface area contributed by atoms with Gasteiger partial charge in [0.1, 0.15) is 5.82 Å². The Morgan fingerprint density at radius 2 is 2.20 bits per heavy atom. The van der Waals surface area contributed by atoms with Gasteiger partial charge < -0.3 is 5.73 Å². The highest BCUT2D eigenvalue weighted by Gasteiger charge is 2.14. The van der Waals surface area contributed by atoms with E-state index in [1.165, 1.54) is 11.6 Å². The molecular formula is C12H13BrFN. The van der Waals surface area contributed by atoms with Crippen molar-refractivity contribution in [2.45, 2.75) is 25.3 Å².